The first kappa shape index (κ1) is 16.0. The molecule has 3 rings (SSSR count). The van der Waals surface area contributed by atoms with E-state index >= 15 is 0 Å². The molecule has 0 N–H and O–H groups in total. The third-order valence-corrected chi connectivity index (χ3v) is 3.99. The second kappa shape index (κ2) is 6.74. The number of fused-ring (bicyclic) bond motifs is 1. The van der Waals surface area contributed by atoms with E-state index in [4.69, 9.17) is 0 Å². The van der Waals surface area contributed by atoms with Crippen LogP contribution in [0.2, 0.25) is 0 Å². The van der Waals surface area contributed by atoms with Crippen molar-refractivity contribution in [1.29, 1.82) is 0 Å². The third kappa shape index (κ3) is 2.84. The first-order chi connectivity index (χ1) is 11.6. The van der Waals surface area contributed by atoms with Gasteiger partial charge in [0.2, 0.25) is 5.91 Å². The van der Waals surface area contributed by atoms with Gasteiger partial charge in [-0.15, -0.1) is 0 Å². The number of hydrogen-bond donors (Lipinski definition) is 0. The zero-order valence-electron chi connectivity index (χ0n) is 13.8. The molecule has 0 radical (unpaired) electrons. The maximum Gasteiger partial charge on any atom is 0.336 e. The summed E-state index contributed by atoms with van der Waals surface area (Å²) in [6.45, 7) is 2.08. The number of carbonyl (C=O) groups is 1. The van der Waals surface area contributed by atoms with Crippen molar-refractivity contribution in [3.8, 4) is 11.3 Å². The Morgan fingerprint density at radius 2 is 1.92 bits per heavy atom. The van der Waals surface area contributed by atoms with E-state index < -0.39 is 0 Å². The van der Waals surface area contributed by atoms with Gasteiger partial charge in [0.1, 0.15) is 6.33 Å². The summed E-state index contributed by atoms with van der Waals surface area (Å²) in [6, 6.07) is 3.53. The molecule has 3 aromatic rings. The standard InChI is InChI=1S/C17H19N5O2/c1-3-4-5-6-15(23)22-14-8-7-13(12-9-18-11-19-10-12)20-16(14)21(2)17(22)24/h7-11H,3-6H2,1-2H3. The van der Waals surface area contributed by atoms with E-state index in [0.29, 0.717) is 23.3 Å². The second-order valence-electron chi connectivity index (χ2n) is 5.69. The quantitative estimate of drug-likeness (QED) is 0.673. The van der Waals surface area contributed by atoms with Crippen molar-refractivity contribution in [2.24, 2.45) is 7.05 Å². The minimum atomic E-state index is -0.361. The third-order valence-electron chi connectivity index (χ3n) is 3.99. The molecule has 0 fully saturated rings. The van der Waals surface area contributed by atoms with Gasteiger partial charge in [-0.1, -0.05) is 19.8 Å². The van der Waals surface area contributed by atoms with Gasteiger partial charge in [0.25, 0.3) is 0 Å². The molecule has 124 valence electrons. The fourth-order valence-electron chi connectivity index (χ4n) is 2.68. The SMILES string of the molecule is CCCCCC(=O)n1c(=O)n(C)c2nc(-c3cncnc3)ccc21. The number of hydrogen-bond acceptors (Lipinski definition) is 5. The molecule has 7 nitrogen and oxygen atoms in total. The van der Waals surface area contributed by atoms with Gasteiger partial charge < -0.3 is 0 Å². The summed E-state index contributed by atoms with van der Waals surface area (Å²) in [6.07, 6.45) is 7.91. The van der Waals surface area contributed by atoms with Crippen molar-refractivity contribution in [2.75, 3.05) is 0 Å². The maximum atomic E-state index is 12.5. The minimum absolute atomic E-state index is 0.184. The average molecular weight is 325 g/mol. The van der Waals surface area contributed by atoms with Crippen molar-refractivity contribution in [3.63, 3.8) is 0 Å². The Kier molecular flexibility index (Phi) is 4.50. The Hall–Kier alpha value is -2.83. The Bertz CT molecular complexity index is 927. The fraction of sp³-hybridized carbons (Fsp3) is 0.353. The number of aryl methyl sites for hydroxylation is 1. The lowest BCUT2D eigenvalue weighted by Crippen LogP contribution is -2.27. The van der Waals surface area contributed by atoms with Crippen LogP contribution in [0.5, 0.6) is 0 Å². The maximum absolute atomic E-state index is 12.5. The van der Waals surface area contributed by atoms with Crippen LogP contribution in [-0.2, 0) is 7.05 Å². The number of rotatable bonds is 5. The van der Waals surface area contributed by atoms with Crippen LogP contribution in [0.15, 0.2) is 35.6 Å². The molecule has 0 aromatic carbocycles. The Balaban J connectivity index is 2.05. The predicted molar refractivity (Wildman–Crippen MR) is 90.8 cm³/mol. The zero-order valence-corrected chi connectivity index (χ0v) is 13.8. The molecular weight excluding hydrogens is 306 g/mol. The van der Waals surface area contributed by atoms with E-state index in [1.165, 1.54) is 15.5 Å². The summed E-state index contributed by atoms with van der Waals surface area (Å²) >= 11 is 0. The van der Waals surface area contributed by atoms with E-state index in [9.17, 15) is 9.59 Å². The lowest BCUT2D eigenvalue weighted by atomic mass is 10.2. The van der Waals surface area contributed by atoms with Crippen LogP contribution in [0.3, 0.4) is 0 Å². The fourth-order valence-corrected chi connectivity index (χ4v) is 2.68. The number of nitrogens with zero attached hydrogens (tertiary/aromatic N) is 5. The molecule has 24 heavy (non-hydrogen) atoms. The number of aromatic nitrogens is 5. The molecule has 0 aliphatic rings. The molecule has 0 aliphatic carbocycles. The molecule has 0 atom stereocenters. The first-order valence-corrected chi connectivity index (χ1v) is 8.00. The lowest BCUT2D eigenvalue weighted by molar-refractivity contribution is 0.0899. The van der Waals surface area contributed by atoms with Crippen LogP contribution in [0.25, 0.3) is 22.4 Å². The van der Waals surface area contributed by atoms with Crippen LogP contribution < -0.4 is 5.69 Å². The minimum Gasteiger partial charge on any atom is -0.279 e. The number of pyridine rings is 1. The van der Waals surface area contributed by atoms with Crippen molar-refractivity contribution < 1.29 is 4.79 Å². The Morgan fingerprint density at radius 1 is 1.17 bits per heavy atom. The van der Waals surface area contributed by atoms with Gasteiger partial charge in [0.05, 0.1) is 11.2 Å². The molecule has 0 aliphatic heterocycles. The van der Waals surface area contributed by atoms with Crippen LogP contribution in [0.1, 0.15) is 37.4 Å². The summed E-state index contributed by atoms with van der Waals surface area (Å²) in [5.74, 6) is -0.184. The van der Waals surface area contributed by atoms with Gasteiger partial charge in [-0.25, -0.2) is 24.3 Å². The Morgan fingerprint density at radius 3 is 2.62 bits per heavy atom. The van der Waals surface area contributed by atoms with Gasteiger partial charge in [-0.05, 0) is 18.6 Å². The Labute approximate surface area is 139 Å². The van der Waals surface area contributed by atoms with Crippen LogP contribution in [-0.4, -0.2) is 30.0 Å². The van der Waals surface area contributed by atoms with Crippen LogP contribution in [0.4, 0.5) is 0 Å². The van der Waals surface area contributed by atoms with E-state index in [1.807, 2.05) is 0 Å². The molecule has 0 bridgehead atoms. The van der Waals surface area contributed by atoms with E-state index in [-0.39, 0.29) is 11.6 Å². The normalized spacial score (nSPS) is 11.1. The van der Waals surface area contributed by atoms with Crippen molar-refractivity contribution in [2.45, 2.75) is 32.6 Å². The largest absolute Gasteiger partial charge is 0.336 e. The van der Waals surface area contributed by atoms with Gasteiger partial charge in [0.15, 0.2) is 5.65 Å². The lowest BCUT2D eigenvalue weighted by Gasteiger charge is -2.03. The molecular formula is C17H19N5O2. The van der Waals surface area contributed by atoms with Gasteiger partial charge >= 0.3 is 5.69 Å². The highest BCUT2D eigenvalue weighted by Crippen LogP contribution is 2.19. The molecule has 3 aromatic heterocycles. The number of imidazole rings is 1. The van der Waals surface area contributed by atoms with Gasteiger partial charge in [-0.2, -0.15) is 0 Å². The molecule has 0 saturated heterocycles. The van der Waals surface area contributed by atoms with Crippen molar-refractivity contribution in [3.05, 3.63) is 41.3 Å². The average Bonchev–Trinajstić information content (AvgIpc) is 2.86. The van der Waals surface area contributed by atoms with Crippen molar-refractivity contribution in [1.82, 2.24) is 24.1 Å². The molecule has 0 unspecified atom stereocenters. The number of unbranched alkanes of at least 4 members (excludes halogenated alkanes) is 2. The summed E-state index contributed by atoms with van der Waals surface area (Å²) in [5.41, 5.74) is 2.07. The van der Waals surface area contributed by atoms with E-state index in [1.54, 1.807) is 31.6 Å². The smallest absolute Gasteiger partial charge is 0.279 e. The molecule has 0 amide bonds. The summed E-state index contributed by atoms with van der Waals surface area (Å²) in [7, 11) is 1.62. The van der Waals surface area contributed by atoms with E-state index in [0.717, 1.165) is 24.8 Å². The molecule has 0 spiro atoms. The van der Waals surface area contributed by atoms with Gasteiger partial charge in [0, 0.05) is 31.4 Å². The first-order valence-electron chi connectivity index (χ1n) is 8.00. The summed E-state index contributed by atoms with van der Waals surface area (Å²) < 4.78 is 2.63. The highest BCUT2D eigenvalue weighted by Gasteiger charge is 2.18. The summed E-state index contributed by atoms with van der Waals surface area (Å²) in [5, 5.41) is 0. The highest BCUT2D eigenvalue weighted by atomic mass is 16.2. The molecule has 0 saturated carbocycles. The second-order valence-corrected chi connectivity index (χ2v) is 5.69. The molecule has 7 heteroatoms. The predicted octanol–water partition coefficient (Wildman–Crippen LogP) is 2.41. The zero-order chi connectivity index (χ0) is 17.1. The monoisotopic (exact) mass is 325 g/mol. The van der Waals surface area contributed by atoms with E-state index in [2.05, 4.69) is 21.9 Å². The van der Waals surface area contributed by atoms with Crippen LogP contribution >= 0.6 is 0 Å². The highest BCUT2D eigenvalue weighted by molar-refractivity contribution is 5.89. The van der Waals surface area contributed by atoms with Crippen LogP contribution in [0, 0.1) is 0 Å². The van der Waals surface area contributed by atoms with Gasteiger partial charge in [-0.3, -0.25) is 9.36 Å². The van der Waals surface area contributed by atoms with Crippen molar-refractivity contribution >= 4 is 17.1 Å². The number of carbonyl (C=O) groups excluding carboxylic acids is 1. The summed E-state index contributed by atoms with van der Waals surface area (Å²) in [4.78, 5) is 37.3. The topological polar surface area (TPSA) is 82.7 Å². The molecule has 3 heterocycles.